The van der Waals surface area contributed by atoms with E-state index in [9.17, 15) is 18.4 Å². The maximum atomic E-state index is 14.0. The number of nitrogen functional groups attached to an aromatic ring is 1. The Hall–Kier alpha value is -4.47. The number of benzene rings is 2. The van der Waals surface area contributed by atoms with Crippen LogP contribution in [0.5, 0.6) is 0 Å². The number of nitrogens with two attached hydrogens (primary N) is 2. The number of halogens is 2. The molecule has 1 aliphatic rings. The first kappa shape index (κ1) is 23.3. The van der Waals surface area contributed by atoms with Crippen LogP contribution in [0, 0.1) is 11.6 Å². The van der Waals surface area contributed by atoms with Crippen LogP contribution in [0.15, 0.2) is 53.3 Å². The largest absolute Gasteiger partial charge is 0.463 e. The standard InChI is InChI=1S/C26H22F2N4O4/c27-18-2-3-20(28)17(10-18)11-22(33)32-7-5-15-9-14(1-4-21(15)32)19-13-36-24-16(6-8-35-26(30)34)12-31-25(29)23(19)24/h1-4,9-10,12-13H,5-8,11H2,(H2,29,31)(H2,30,34). The summed E-state index contributed by atoms with van der Waals surface area (Å²) in [4.78, 5) is 29.6. The molecule has 0 saturated heterocycles. The quantitative estimate of drug-likeness (QED) is 0.417. The Morgan fingerprint density at radius 2 is 1.97 bits per heavy atom. The molecule has 0 spiro atoms. The van der Waals surface area contributed by atoms with Crippen molar-refractivity contribution in [1.29, 1.82) is 0 Å². The molecule has 36 heavy (non-hydrogen) atoms. The summed E-state index contributed by atoms with van der Waals surface area (Å²) >= 11 is 0. The Balaban J connectivity index is 1.41. The van der Waals surface area contributed by atoms with Crippen LogP contribution >= 0.6 is 0 Å². The lowest BCUT2D eigenvalue weighted by Crippen LogP contribution is -2.30. The van der Waals surface area contributed by atoms with E-state index in [-0.39, 0.29) is 24.5 Å². The highest BCUT2D eigenvalue weighted by Crippen LogP contribution is 2.38. The molecule has 0 bridgehead atoms. The number of nitrogens with zero attached hydrogens (tertiary/aromatic N) is 2. The third-order valence-electron chi connectivity index (χ3n) is 6.25. The lowest BCUT2D eigenvalue weighted by molar-refractivity contribution is -0.117. The molecule has 0 atom stereocenters. The minimum absolute atomic E-state index is 0.0231. The van der Waals surface area contributed by atoms with Gasteiger partial charge in [-0.1, -0.05) is 6.07 Å². The number of rotatable bonds is 6. The second kappa shape index (κ2) is 9.29. The molecule has 0 radical (unpaired) electrons. The Labute approximate surface area is 204 Å². The zero-order valence-electron chi connectivity index (χ0n) is 19.1. The number of hydrogen-bond donors (Lipinski definition) is 2. The van der Waals surface area contributed by atoms with Gasteiger partial charge in [-0.3, -0.25) is 4.79 Å². The van der Waals surface area contributed by atoms with Crippen LogP contribution in [0.4, 0.5) is 25.1 Å². The summed E-state index contributed by atoms with van der Waals surface area (Å²) in [5, 5.41) is 0.638. The van der Waals surface area contributed by atoms with Crippen LogP contribution in [0.25, 0.3) is 22.1 Å². The van der Waals surface area contributed by atoms with E-state index in [2.05, 4.69) is 4.98 Å². The number of furan rings is 1. The first-order valence-electron chi connectivity index (χ1n) is 11.3. The van der Waals surface area contributed by atoms with Gasteiger partial charge in [0.25, 0.3) is 0 Å². The first-order chi connectivity index (χ1) is 17.3. The number of pyridine rings is 1. The molecule has 2 amide bonds. The fraction of sp³-hybridized carbons (Fsp3) is 0.192. The Morgan fingerprint density at radius 1 is 1.14 bits per heavy atom. The summed E-state index contributed by atoms with van der Waals surface area (Å²) < 4.78 is 38.2. The predicted molar refractivity (Wildman–Crippen MR) is 129 cm³/mol. The molecule has 3 heterocycles. The Bertz CT molecular complexity index is 1500. The minimum atomic E-state index is -0.860. The number of aromatic nitrogens is 1. The number of hydrogen-bond acceptors (Lipinski definition) is 6. The monoisotopic (exact) mass is 492 g/mol. The number of carbonyl (C=O) groups is 2. The van der Waals surface area contributed by atoms with Crippen LogP contribution in [0.3, 0.4) is 0 Å². The summed E-state index contributed by atoms with van der Waals surface area (Å²) in [6.07, 6.45) is 3.03. The second-order valence-corrected chi connectivity index (χ2v) is 8.49. The zero-order chi connectivity index (χ0) is 25.4. The van der Waals surface area contributed by atoms with Crippen molar-refractivity contribution < 1.29 is 27.5 Å². The van der Waals surface area contributed by atoms with Gasteiger partial charge in [0, 0.05) is 41.5 Å². The van der Waals surface area contributed by atoms with E-state index in [4.69, 9.17) is 20.6 Å². The topological polar surface area (TPSA) is 125 Å². The molecule has 0 aliphatic carbocycles. The van der Waals surface area contributed by atoms with Crippen LogP contribution in [-0.4, -0.2) is 30.1 Å². The molecular formula is C26H22F2N4O4. The summed E-state index contributed by atoms with van der Waals surface area (Å²) in [5.74, 6) is -1.22. The summed E-state index contributed by atoms with van der Waals surface area (Å²) in [7, 11) is 0. The maximum absolute atomic E-state index is 14.0. The number of fused-ring (bicyclic) bond motifs is 2. The lowest BCUT2D eigenvalue weighted by atomic mass is 10.0. The SMILES string of the molecule is NC(=O)OCCc1cnc(N)c2c(-c3ccc4c(c3)CCN4C(=O)Cc3cc(F)ccc3F)coc12. The Kier molecular flexibility index (Phi) is 6.01. The molecular weight excluding hydrogens is 470 g/mol. The normalized spacial score (nSPS) is 12.7. The van der Waals surface area contributed by atoms with Crippen molar-refractivity contribution in [2.75, 3.05) is 23.8 Å². The molecule has 0 saturated carbocycles. The molecule has 8 nitrogen and oxygen atoms in total. The van der Waals surface area contributed by atoms with Crippen molar-refractivity contribution in [3.8, 4) is 11.1 Å². The third-order valence-corrected chi connectivity index (χ3v) is 6.25. The van der Waals surface area contributed by atoms with Crippen molar-refractivity contribution in [3.63, 3.8) is 0 Å². The van der Waals surface area contributed by atoms with Gasteiger partial charge in [0.1, 0.15) is 23.0 Å². The van der Waals surface area contributed by atoms with E-state index in [1.54, 1.807) is 17.4 Å². The fourth-order valence-corrected chi connectivity index (χ4v) is 4.54. The van der Waals surface area contributed by atoms with Gasteiger partial charge in [-0.15, -0.1) is 0 Å². The lowest BCUT2D eigenvalue weighted by Gasteiger charge is -2.18. The highest BCUT2D eigenvalue weighted by atomic mass is 19.1. The van der Waals surface area contributed by atoms with Gasteiger partial charge >= 0.3 is 6.09 Å². The molecule has 5 rings (SSSR count). The van der Waals surface area contributed by atoms with E-state index >= 15 is 0 Å². The predicted octanol–water partition coefficient (Wildman–Crippen LogP) is 4.12. The van der Waals surface area contributed by atoms with Gasteiger partial charge in [0.05, 0.1) is 24.7 Å². The van der Waals surface area contributed by atoms with E-state index in [1.165, 1.54) is 0 Å². The van der Waals surface area contributed by atoms with E-state index in [1.807, 2.05) is 18.2 Å². The van der Waals surface area contributed by atoms with Gasteiger partial charge < -0.3 is 25.5 Å². The number of carbonyl (C=O) groups excluding carboxylic acids is 2. The number of amides is 2. The maximum Gasteiger partial charge on any atom is 0.404 e. The van der Waals surface area contributed by atoms with Gasteiger partial charge in [0.2, 0.25) is 5.91 Å². The molecule has 2 aromatic heterocycles. The zero-order valence-corrected chi connectivity index (χ0v) is 19.1. The summed E-state index contributed by atoms with van der Waals surface area (Å²) in [6.45, 7) is 0.517. The summed E-state index contributed by atoms with van der Waals surface area (Å²) in [6, 6.07) is 8.72. The molecule has 1 aliphatic heterocycles. The van der Waals surface area contributed by atoms with Crippen molar-refractivity contribution in [2.24, 2.45) is 5.73 Å². The van der Waals surface area contributed by atoms with Crippen LogP contribution in [0.1, 0.15) is 16.7 Å². The first-order valence-corrected chi connectivity index (χ1v) is 11.3. The minimum Gasteiger partial charge on any atom is -0.463 e. The number of primary amides is 1. The van der Waals surface area contributed by atoms with Crippen LogP contribution in [0.2, 0.25) is 0 Å². The van der Waals surface area contributed by atoms with Gasteiger partial charge in [-0.2, -0.15) is 0 Å². The van der Waals surface area contributed by atoms with Crippen molar-refractivity contribution >= 4 is 34.5 Å². The highest BCUT2D eigenvalue weighted by Gasteiger charge is 2.26. The molecule has 4 N–H and O–H groups in total. The molecule has 2 aromatic carbocycles. The van der Waals surface area contributed by atoms with Crippen molar-refractivity contribution in [3.05, 3.63) is 77.2 Å². The molecule has 0 unspecified atom stereocenters. The Morgan fingerprint density at radius 3 is 2.78 bits per heavy atom. The molecule has 184 valence electrons. The molecule has 4 aromatic rings. The van der Waals surface area contributed by atoms with Crippen LogP contribution in [-0.2, 0) is 28.8 Å². The summed E-state index contributed by atoms with van der Waals surface area (Å²) in [5.41, 5.74) is 15.7. The second-order valence-electron chi connectivity index (χ2n) is 8.49. The average molecular weight is 492 g/mol. The third kappa shape index (κ3) is 4.33. The van der Waals surface area contributed by atoms with Gasteiger partial charge in [0.15, 0.2) is 0 Å². The van der Waals surface area contributed by atoms with Crippen LogP contribution < -0.4 is 16.4 Å². The number of anilines is 2. The fourth-order valence-electron chi connectivity index (χ4n) is 4.54. The highest BCUT2D eigenvalue weighted by molar-refractivity contribution is 6.03. The average Bonchev–Trinajstić information content (AvgIpc) is 3.47. The van der Waals surface area contributed by atoms with Crippen molar-refractivity contribution in [1.82, 2.24) is 4.98 Å². The van der Waals surface area contributed by atoms with Crippen molar-refractivity contribution in [2.45, 2.75) is 19.3 Å². The number of ether oxygens (including phenoxy) is 1. The van der Waals surface area contributed by atoms with E-state index in [0.29, 0.717) is 41.7 Å². The van der Waals surface area contributed by atoms with Gasteiger partial charge in [-0.25, -0.2) is 18.6 Å². The molecule has 10 heteroatoms. The molecule has 0 fully saturated rings. The smallest absolute Gasteiger partial charge is 0.404 e. The van der Waals surface area contributed by atoms with Gasteiger partial charge in [-0.05, 0) is 47.9 Å². The van der Waals surface area contributed by atoms with E-state index < -0.39 is 17.7 Å². The van der Waals surface area contributed by atoms with E-state index in [0.717, 1.165) is 40.6 Å².